The van der Waals surface area contributed by atoms with Crippen LogP contribution in [-0.2, 0) is 9.53 Å². The highest BCUT2D eigenvalue weighted by Gasteiger charge is 2.16. The number of rotatable bonds is 7. The van der Waals surface area contributed by atoms with Crippen LogP contribution >= 0.6 is 0 Å². The minimum Gasteiger partial charge on any atom is -0.497 e. The maximum Gasteiger partial charge on any atom is 0.343 e. The van der Waals surface area contributed by atoms with Crippen LogP contribution in [0.5, 0.6) is 11.5 Å². The molecule has 25 heavy (non-hydrogen) atoms. The summed E-state index contributed by atoms with van der Waals surface area (Å²) >= 11 is 0. The third kappa shape index (κ3) is 4.57. The summed E-state index contributed by atoms with van der Waals surface area (Å²) in [7, 11) is 2.83. The summed E-state index contributed by atoms with van der Waals surface area (Å²) in [5.41, 5.74) is 1.09. The van der Waals surface area contributed by atoms with Gasteiger partial charge < -0.3 is 20.1 Å². The van der Waals surface area contributed by atoms with Crippen molar-refractivity contribution in [2.45, 2.75) is 0 Å². The molecule has 0 bridgehead atoms. The van der Waals surface area contributed by atoms with Gasteiger partial charge in [-0.1, -0.05) is 0 Å². The van der Waals surface area contributed by atoms with E-state index >= 15 is 0 Å². The van der Waals surface area contributed by atoms with E-state index in [1.54, 1.807) is 55.6 Å². The van der Waals surface area contributed by atoms with Crippen LogP contribution in [0, 0.1) is 0 Å². The van der Waals surface area contributed by atoms with Gasteiger partial charge in [0.05, 0.1) is 14.2 Å². The molecular weight excluding hydrogens is 324 g/mol. The summed E-state index contributed by atoms with van der Waals surface area (Å²) < 4.78 is 14.8. The quantitative estimate of drug-likeness (QED) is 0.271. The van der Waals surface area contributed by atoms with Gasteiger partial charge in [-0.2, -0.15) is 5.10 Å². The van der Waals surface area contributed by atoms with Gasteiger partial charge in [-0.25, -0.2) is 4.79 Å². The van der Waals surface area contributed by atoms with E-state index in [9.17, 15) is 9.59 Å². The fourth-order valence-corrected chi connectivity index (χ4v) is 2.05. The number of benzene rings is 2. The molecule has 0 aliphatic rings. The predicted molar refractivity (Wildman–Crippen MR) is 92.0 cm³/mol. The van der Waals surface area contributed by atoms with Crippen LogP contribution in [-0.4, -0.2) is 38.3 Å². The molecule has 0 aliphatic heterocycles. The molecule has 0 atom stereocenters. The van der Waals surface area contributed by atoms with Crippen molar-refractivity contribution in [2.75, 3.05) is 20.8 Å². The van der Waals surface area contributed by atoms with Gasteiger partial charge in [-0.05, 0) is 48.5 Å². The largest absolute Gasteiger partial charge is 0.497 e. The zero-order valence-electron chi connectivity index (χ0n) is 13.9. The van der Waals surface area contributed by atoms with Crippen molar-refractivity contribution >= 4 is 17.5 Å². The molecule has 130 valence electrons. The van der Waals surface area contributed by atoms with E-state index < -0.39 is 5.97 Å². The van der Waals surface area contributed by atoms with E-state index in [1.165, 1.54) is 7.11 Å². The highest BCUT2D eigenvalue weighted by Crippen LogP contribution is 2.17. The number of hydrogen-bond acceptors (Lipinski definition) is 7. The second kappa shape index (κ2) is 8.49. The minimum atomic E-state index is -0.483. The number of carbonyl (C=O) groups is 2. The van der Waals surface area contributed by atoms with Crippen molar-refractivity contribution in [3.63, 3.8) is 0 Å². The number of nitrogens with two attached hydrogens (primary N) is 1. The molecule has 0 saturated carbocycles. The second-order valence-corrected chi connectivity index (χ2v) is 4.92. The van der Waals surface area contributed by atoms with Gasteiger partial charge in [0.2, 0.25) is 5.78 Å². The van der Waals surface area contributed by atoms with Crippen molar-refractivity contribution in [3.05, 3.63) is 59.7 Å². The van der Waals surface area contributed by atoms with Gasteiger partial charge in [0, 0.05) is 11.1 Å². The lowest BCUT2D eigenvalue weighted by molar-refractivity contribution is -0.142. The third-order valence-corrected chi connectivity index (χ3v) is 3.41. The zero-order chi connectivity index (χ0) is 18.2. The van der Waals surface area contributed by atoms with Crippen LogP contribution in [0.2, 0.25) is 0 Å². The summed E-state index contributed by atoms with van der Waals surface area (Å²) in [5.74, 6) is 5.72. The lowest BCUT2D eigenvalue weighted by atomic mass is 10.0. The minimum absolute atomic E-state index is 0.115. The number of nitrogens with zero attached hydrogens (tertiary/aromatic N) is 1. The highest BCUT2D eigenvalue weighted by molar-refractivity contribution is 6.51. The molecule has 0 unspecified atom stereocenters. The number of Topliss-reactive ketones (excluding diaryl/α,β-unsaturated/α-hetero) is 1. The highest BCUT2D eigenvalue weighted by atomic mass is 16.6. The molecule has 0 spiro atoms. The molecule has 7 nitrogen and oxygen atoms in total. The fourth-order valence-electron chi connectivity index (χ4n) is 2.05. The molecule has 0 fully saturated rings. The molecule has 0 aliphatic carbocycles. The molecule has 2 aromatic rings. The molecule has 0 heterocycles. The molecule has 0 saturated heterocycles. The number of ketones is 1. The smallest absolute Gasteiger partial charge is 0.343 e. The van der Waals surface area contributed by atoms with Crippen LogP contribution in [0.4, 0.5) is 0 Å². The normalized spacial score (nSPS) is 10.9. The molecule has 7 heteroatoms. The third-order valence-electron chi connectivity index (χ3n) is 3.41. The number of methoxy groups -OCH3 is 2. The molecule has 2 N–H and O–H groups in total. The Bertz CT molecular complexity index is 767. The Labute approximate surface area is 145 Å². The Morgan fingerprint density at radius 1 is 0.920 bits per heavy atom. The fraction of sp³-hybridized carbons (Fsp3) is 0.167. The second-order valence-electron chi connectivity index (χ2n) is 4.92. The lowest BCUT2D eigenvalue weighted by Gasteiger charge is -2.08. The maximum absolute atomic E-state index is 12.6. The Hall–Kier alpha value is -3.35. The first-order valence-corrected chi connectivity index (χ1v) is 7.35. The number of esters is 1. The maximum atomic E-state index is 12.6. The zero-order valence-corrected chi connectivity index (χ0v) is 13.9. The average molecular weight is 342 g/mol. The van der Waals surface area contributed by atoms with Gasteiger partial charge in [0.15, 0.2) is 6.61 Å². The molecule has 2 aromatic carbocycles. The van der Waals surface area contributed by atoms with E-state index in [0.29, 0.717) is 22.6 Å². The van der Waals surface area contributed by atoms with Crippen molar-refractivity contribution in [1.29, 1.82) is 0 Å². The van der Waals surface area contributed by atoms with Crippen molar-refractivity contribution in [1.82, 2.24) is 0 Å². The summed E-state index contributed by atoms with van der Waals surface area (Å²) in [6, 6.07) is 13.2. The number of carbonyl (C=O) groups excluding carboxylic acids is 2. The summed E-state index contributed by atoms with van der Waals surface area (Å²) in [6.45, 7) is -0.196. The van der Waals surface area contributed by atoms with Gasteiger partial charge in [-0.3, -0.25) is 4.79 Å². The number of hydrazone groups is 1. The van der Waals surface area contributed by atoms with Gasteiger partial charge in [-0.15, -0.1) is 0 Å². The SMILES string of the molecule is COC(=O)COc1ccc(/C(=N\N)C(=O)c2ccc(OC)cc2)cc1. The lowest BCUT2D eigenvalue weighted by Crippen LogP contribution is -2.18. The van der Waals surface area contributed by atoms with Crippen molar-refractivity contribution < 1.29 is 23.8 Å². The Balaban J connectivity index is 2.14. The first-order chi connectivity index (χ1) is 12.1. The standard InChI is InChI=1S/C18H18N2O5/c1-23-14-7-5-13(6-8-14)18(22)17(20-19)12-3-9-15(10-4-12)25-11-16(21)24-2/h3-10H,11,19H2,1-2H3/b20-17+. The van der Waals surface area contributed by atoms with Crippen LogP contribution in [0.25, 0.3) is 0 Å². The van der Waals surface area contributed by atoms with Crippen LogP contribution < -0.4 is 15.3 Å². The molecule has 0 amide bonds. The molecule has 0 radical (unpaired) electrons. The summed E-state index contributed by atoms with van der Waals surface area (Å²) in [5, 5.41) is 3.62. The van der Waals surface area contributed by atoms with E-state index in [1.807, 2.05) is 0 Å². The Morgan fingerprint density at radius 2 is 1.48 bits per heavy atom. The van der Waals surface area contributed by atoms with E-state index in [0.717, 1.165) is 0 Å². The van der Waals surface area contributed by atoms with Gasteiger partial charge >= 0.3 is 5.97 Å². The van der Waals surface area contributed by atoms with Crippen LogP contribution in [0.3, 0.4) is 0 Å². The van der Waals surface area contributed by atoms with E-state index in [-0.39, 0.29) is 18.1 Å². The summed E-state index contributed by atoms with van der Waals surface area (Å²) in [6.07, 6.45) is 0. The van der Waals surface area contributed by atoms with Crippen LogP contribution in [0.15, 0.2) is 53.6 Å². The van der Waals surface area contributed by atoms with Gasteiger partial charge in [0.25, 0.3) is 0 Å². The molecule has 2 rings (SSSR count). The van der Waals surface area contributed by atoms with Crippen LogP contribution in [0.1, 0.15) is 15.9 Å². The first-order valence-electron chi connectivity index (χ1n) is 7.35. The Kier molecular flexibility index (Phi) is 6.11. The van der Waals surface area contributed by atoms with Crippen molar-refractivity contribution in [3.8, 4) is 11.5 Å². The van der Waals surface area contributed by atoms with Crippen molar-refractivity contribution in [2.24, 2.45) is 10.9 Å². The number of ether oxygens (including phenoxy) is 3. The monoisotopic (exact) mass is 342 g/mol. The average Bonchev–Trinajstić information content (AvgIpc) is 2.67. The first kappa shape index (κ1) is 18.0. The number of hydrogen-bond donors (Lipinski definition) is 1. The molecular formula is C18H18N2O5. The Morgan fingerprint density at radius 3 is 2.00 bits per heavy atom. The molecule has 0 aromatic heterocycles. The summed E-state index contributed by atoms with van der Waals surface area (Å²) in [4.78, 5) is 23.6. The topological polar surface area (TPSA) is 100 Å². The van der Waals surface area contributed by atoms with E-state index in [2.05, 4.69) is 9.84 Å². The van der Waals surface area contributed by atoms with Gasteiger partial charge in [0.1, 0.15) is 17.2 Å². The van der Waals surface area contributed by atoms with E-state index in [4.69, 9.17) is 15.3 Å². The predicted octanol–water partition coefficient (Wildman–Crippen LogP) is 1.79.